The predicted octanol–water partition coefficient (Wildman–Crippen LogP) is 1.95. The average molecular weight is 291 g/mol. The van der Waals surface area contributed by atoms with E-state index in [4.69, 9.17) is 0 Å². The molecule has 108 valence electrons. The van der Waals surface area contributed by atoms with Gasteiger partial charge in [0.15, 0.2) is 0 Å². The third-order valence-electron chi connectivity index (χ3n) is 2.97. The lowest BCUT2D eigenvalue weighted by molar-refractivity contribution is 0.0887. The van der Waals surface area contributed by atoms with E-state index in [1.54, 1.807) is 18.5 Å². The molecule has 1 amide bonds. The fourth-order valence-corrected chi connectivity index (χ4v) is 2.03. The van der Waals surface area contributed by atoms with Crippen molar-refractivity contribution in [2.24, 2.45) is 0 Å². The third kappa shape index (κ3) is 2.60. The summed E-state index contributed by atoms with van der Waals surface area (Å²) in [6.07, 6.45) is 2.18. The Morgan fingerprint density at radius 1 is 1.33 bits per heavy atom. The summed E-state index contributed by atoms with van der Waals surface area (Å²) in [5, 5.41) is 2.95. The molecule has 0 aromatic carbocycles. The number of hydrogen-bond acceptors (Lipinski definition) is 3. The Labute approximate surface area is 117 Å². The molecule has 3 rings (SSSR count). The van der Waals surface area contributed by atoms with E-state index in [9.17, 15) is 13.6 Å². The first kappa shape index (κ1) is 13.2. The molecule has 0 fully saturated rings. The largest absolute Gasteiger partial charge is 0.357 e. The minimum absolute atomic E-state index is 0.202. The minimum atomic E-state index is -2.58. The molecule has 3 heterocycles. The van der Waals surface area contributed by atoms with Gasteiger partial charge in [-0.25, -0.2) is 18.7 Å². The Kier molecular flexibility index (Phi) is 3.35. The van der Waals surface area contributed by atoms with Crippen LogP contribution in [0.5, 0.6) is 0 Å². The SMILES string of the molecule is O=C(NCC(F)F)c1cc(-c2ncnc3[nH]ccc23)c[nH]1. The van der Waals surface area contributed by atoms with Gasteiger partial charge in [-0.15, -0.1) is 0 Å². The Hall–Kier alpha value is -2.77. The van der Waals surface area contributed by atoms with Crippen LogP contribution in [0.25, 0.3) is 22.3 Å². The van der Waals surface area contributed by atoms with Crippen molar-refractivity contribution in [3.8, 4) is 11.3 Å². The second-order valence-corrected chi connectivity index (χ2v) is 4.37. The first-order chi connectivity index (χ1) is 10.1. The van der Waals surface area contributed by atoms with Crippen LogP contribution in [-0.2, 0) is 0 Å². The van der Waals surface area contributed by atoms with Gasteiger partial charge in [0.1, 0.15) is 17.7 Å². The maximum atomic E-state index is 12.1. The number of nitrogens with one attached hydrogen (secondary N) is 3. The summed E-state index contributed by atoms with van der Waals surface area (Å²) < 4.78 is 24.1. The maximum Gasteiger partial charge on any atom is 0.267 e. The van der Waals surface area contributed by atoms with E-state index in [2.05, 4.69) is 25.3 Å². The number of carbonyl (C=O) groups is 1. The highest BCUT2D eigenvalue weighted by molar-refractivity contribution is 5.96. The molecule has 0 saturated heterocycles. The first-order valence-electron chi connectivity index (χ1n) is 6.18. The number of carbonyl (C=O) groups excluding carboxylic acids is 1. The van der Waals surface area contributed by atoms with Crippen molar-refractivity contribution < 1.29 is 13.6 Å². The van der Waals surface area contributed by atoms with Crippen LogP contribution >= 0.6 is 0 Å². The van der Waals surface area contributed by atoms with Crippen LogP contribution in [0, 0.1) is 0 Å². The second kappa shape index (κ2) is 5.31. The number of halogens is 2. The minimum Gasteiger partial charge on any atom is -0.357 e. The van der Waals surface area contributed by atoms with E-state index in [1.807, 2.05) is 6.07 Å². The van der Waals surface area contributed by atoms with Crippen LogP contribution in [-0.4, -0.2) is 38.8 Å². The second-order valence-electron chi connectivity index (χ2n) is 4.37. The Bertz CT molecular complexity index is 780. The fraction of sp³-hybridized carbons (Fsp3) is 0.154. The number of fused-ring (bicyclic) bond motifs is 1. The zero-order valence-corrected chi connectivity index (χ0v) is 10.7. The summed E-state index contributed by atoms with van der Waals surface area (Å²) in [4.78, 5) is 25.7. The topological polar surface area (TPSA) is 86.5 Å². The highest BCUT2D eigenvalue weighted by Gasteiger charge is 2.14. The lowest BCUT2D eigenvalue weighted by Crippen LogP contribution is -2.28. The molecule has 21 heavy (non-hydrogen) atoms. The number of rotatable bonds is 4. The van der Waals surface area contributed by atoms with Crippen LogP contribution < -0.4 is 5.32 Å². The van der Waals surface area contributed by atoms with E-state index in [1.165, 1.54) is 6.33 Å². The maximum absolute atomic E-state index is 12.1. The van der Waals surface area contributed by atoms with E-state index < -0.39 is 18.9 Å². The zero-order valence-electron chi connectivity index (χ0n) is 10.7. The lowest BCUT2D eigenvalue weighted by atomic mass is 10.1. The molecule has 0 spiro atoms. The van der Waals surface area contributed by atoms with Crippen molar-refractivity contribution >= 4 is 16.9 Å². The van der Waals surface area contributed by atoms with Gasteiger partial charge in [0.2, 0.25) is 0 Å². The number of aromatic amines is 2. The van der Waals surface area contributed by atoms with Gasteiger partial charge >= 0.3 is 0 Å². The van der Waals surface area contributed by atoms with Gasteiger partial charge in [-0.1, -0.05) is 0 Å². The quantitative estimate of drug-likeness (QED) is 0.686. The third-order valence-corrected chi connectivity index (χ3v) is 2.97. The van der Waals surface area contributed by atoms with Crippen LogP contribution in [0.4, 0.5) is 8.78 Å². The Morgan fingerprint density at radius 3 is 3.00 bits per heavy atom. The summed E-state index contributed by atoms with van der Waals surface area (Å²) in [6, 6.07) is 3.39. The van der Waals surface area contributed by atoms with Crippen LogP contribution in [0.15, 0.2) is 30.9 Å². The number of hydrogen-bond donors (Lipinski definition) is 3. The van der Waals surface area contributed by atoms with Crippen molar-refractivity contribution in [1.82, 2.24) is 25.3 Å². The fourth-order valence-electron chi connectivity index (χ4n) is 2.03. The normalized spacial score (nSPS) is 11.2. The average Bonchev–Trinajstić information content (AvgIpc) is 3.12. The monoisotopic (exact) mass is 291 g/mol. The molecule has 0 radical (unpaired) electrons. The van der Waals surface area contributed by atoms with Crippen LogP contribution in [0.1, 0.15) is 10.5 Å². The molecule has 0 aliphatic rings. The zero-order chi connectivity index (χ0) is 14.8. The van der Waals surface area contributed by atoms with Crippen molar-refractivity contribution in [3.05, 3.63) is 36.5 Å². The highest BCUT2D eigenvalue weighted by atomic mass is 19.3. The summed E-state index contributed by atoms with van der Waals surface area (Å²) >= 11 is 0. The number of nitrogens with zero attached hydrogens (tertiary/aromatic N) is 2. The van der Waals surface area contributed by atoms with Crippen molar-refractivity contribution in [3.63, 3.8) is 0 Å². The number of amides is 1. The Balaban J connectivity index is 1.88. The van der Waals surface area contributed by atoms with Crippen molar-refractivity contribution in [2.45, 2.75) is 6.43 Å². The number of aromatic nitrogens is 4. The molecule has 0 atom stereocenters. The molecule has 0 unspecified atom stereocenters. The van der Waals surface area contributed by atoms with Gasteiger partial charge < -0.3 is 15.3 Å². The van der Waals surface area contributed by atoms with E-state index >= 15 is 0 Å². The predicted molar refractivity (Wildman–Crippen MR) is 72.0 cm³/mol. The number of alkyl halides is 2. The molecule has 0 saturated carbocycles. The molecule has 6 nitrogen and oxygen atoms in total. The molecule has 8 heteroatoms. The molecule has 0 bridgehead atoms. The molecule has 0 aliphatic heterocycles. The van der Waals surface area contributed by atoms with E-state index in [-0.39, 0.29) is 5.69 Å². The van der Waals surface area contributed by atoms with Gasteiger partial charge in [0.25, 0.3) is 12.3 Å². The van der Waals surface area contributed by atoms with Crippen LogP contribution in [0.3, 0.4) is 0 Å². The van der Waals surface area contributed by atoms with Crippen LogP contribution in [0.2, 0.25) is 0 Å². The van der Waals surface area contributed by atoms with Gasteiger partial charge in [-0.05, 0) is 12.1 Å². The standard InChI is InChI=1S/C13H11F2N5O/c14-10(15)5-18-13(21)9-3-7(4-17-9)11-8-1-2-16-12(8)20-6-19-11/h1-4,6,10,17H,5H2,(H,18,21)(H,16,19,20). The summed E-state index contributed by atoms with van der Waals surface area (Å²) in [7, 11) is 0. The molecule has 3 aromatic heterocycles. The van der Waals surface area contributed by atoms with Gasteiger partial charge in [-0.2, -0.15) is 0 Å². The smallest absolute Gasteiger partial charge is 0.267 e. The number of H-pyrrole nitrogens is 2. The van der Waals surface area contributed by atoms with Crippen molar-refractivity contribution in [2.75, 3.05) is 6.54 Å². The van der Waals surface area contributed by atoms with Gasteiger partial charge in [-0.3, -0.25) is 4.79 Å². The molecule has 3 N–H and O–H groups in total. The summed E-state index contributed by atoms with van der Waals surface area (Å²) in [6.45, 7) is -0.678. The van der Waals surface area contributed by atoms with Gasteiger partial charge in [0.05, 0.1) is 12.2 Å². The lowest BCUT2D eigenvalue weighted by Gasteiger charge is -2.01. The summed E-state index contributed by atoms with van der Waals surface area (Å²) in [5.74, 6) is -0.582. The van der Waals surface area contributed by atoms with Gasteiger partial charge in [0, 0.05) is 23.3 Å². The van der Waals surface area contributed by atoms with E-state index in [0.717, 1.165) is 5.39 Å². The van der Waals surface area contributed by atoms with E-state index in [0.29, 0.717) is 16.9 Å². The molecule has 0 aliphatic carbocycles. The molecule has 3 aromatic rings. The first-order valence-corrected chi connectivity index (χ1v) is 6.18. The molecular weight excluding hydrogens is 280 g/mol. The van der Waals surface area contributed by atoms with Crippen molar-refractivity contribution in [1.29, 1.82) is 0 Å². The Morgan fingerprint density at radius 2 is 2.19 bits per heavy atom. The molecular formula is C13H11F2N5O. The highest BCUT2D eigenvalue weighted by Crippen LogP contribution is 2.25. The summed E-state index contributed by atoms with van der Waals surface area (Å²) in [5.41, 5.74) is 2.23.